The van der Waals surface area contributed by atoms with Gasteiger partial charge in [-0.1, -0.05) is 54.1 Å². The summed E-state index contributed by atoms with van der Waals surface area (Å²) in [4.78, 5) is 25.0. The Kier molecular flexibility index (Phi) is 9.63. The molecule has 0 saturated heterocycles. The molecule has 0 radical (unpaired) electrons. The van der Waals surface area contributed by atoms with Crippen molar-refractivity contribution in [3.63, 3.8) is 0 Å². The molecule has 0 aliphatic heterocycles. The fourth-order valence-electron chi connectivity index (χ4n) is 4.38. The van der Waals surface area contributed by atoms with Crippen molar-refractivity contribution < 1.29 is 23.8 Å². The van der Waals surface area contributed by atoms with E-state index in [1.165, 1.54) is 5.56 Å². The maximum absolute atomic E-state index is 13.3. The Labute approximate surface area is 233 Å². The molecule has 4 aromatic rings. The second kappa shape index (κ2) is 13.3. The van der Waals surface area contributed by atoms with Crippen LogP contribution in [0.4, 0.5) is 0 Å². The number of rotatable bonds is 12. The average molecular weight is 544 g/mol. The van der Waals surface area contributed by atoms with Crippen LogP contribution in [0.1, 0.15) is 39.2 Å². The van der Waals surface area contributed by atoms with Crippen LogP contribution in [-0.4, -0.2) is 35.0 Å². The van der Waals surface area contributed by atoms with Crippen LogP contribution in [0.5, 0.6) is 0 Å². The van der Waals surface area contributed by atoms with Gasteiger partial charge in [0.05, 0.1) is 6.61 Å². The van der Waals surface area contributed by atoms with Crippen molar-refractivity contribution in [2.45, 2.75) is 39.5 Å². The van der Waals surface area contributed by atoms with Gasteiger partial charge in [0.15, 0.2) is 0 Å². The number of furan rings is 1. The summed E-state index contributed by atoms with van der Waals surface area (Å²) >= 11 is 1.55. The normalized spacial score (nSPS) is 11.8. The Morgan fingerprint density at radius 2 is 1.77 bits per heavy atom. The molecule has 1 atom stereocenters. The smallest absolute Gasteiger partial charge is 0.326 e. The summed E-state index contributed by atoms with van der Waals surface area (Å²) < 4.78 is 11.9. The fourth-order valence-corrected chi connectivity index (χ4v) is 4.86. The number of nitrogens with one attached hydrogen (secondary N) is 1. The lowest BCUT2D eigenvalue weighted by atomic mass is 9.93. The van der Waals surface area contributed by atoms with Crippen LogP contribution in [0.3, 0.4) is 0 Å². The zero-order valence-electron chi connectivity index (χ0n) is 22.4. The molecular weight excluding hydrogens is 510 g/mol. The number of carboxylic acid groups (broad SMARTS) is 1. The number of carbonyl (C=O) groups excluding carboxylic acids is 1. The molecule has 0 aliphatic carbocycles. The van der Waals surface area contributed by atoms with E-state index < -0.39 is 17.9 Å². The Morgan fingerprint density at radius 3 is 2.51 bits per heavy atom. The molecule has 202 valence electrons. The molecule has 4 rings (SSSR count). The summed E-state index contributed by atoms with van der Waals surface area (Å²) in [7, 11) is 0. The van der Waals surface area contributed by atoms with Gasteiger partial charge in [-0.05, 0) is 84.9 Å². The second-order valence-electron chi connectivity index (χ2n) is 9.47. The molecule has 39 heavy (non-hydrogen) atoms. The molecule has 3 aromatic carbocycles. The van der Waals surface area contributed by atoms with Crippen molar-refractivity contribution in [1.29, 1.82) is 0 Å². The van der Waals surface area contributed by atoms with E-state index in [1.54, 1.807) is 17.8 Å². The highest BCUT2D eigenvalue weighted by molar-refractivity contribution is 7.98. The lowest BCUT2D eigenvalue weighted by Crippen LogP contribution is -2.41. The third-order valence-corrected chi connectivity index (χ3v) is 7.10. The molecule has 6 nitrogen and oxygen atoms in total. The first kappa shape index (κ1) is 28.2. The topological polar surface area (TPSA) is 88.8 Å². The van der Waals surface area contributed by atoms with E-state index in [9.17, 15) is 14.7 Å². The predicted molar refractivity (Wildman–Crippen MR) is 156 cm³/mol. The molecule has 1 heterocycles. The number of hydrogen-bond acceptors (Lipinski definition) is 5. The highest BCUT2D eigenvalue weighted by atomic mass is 32.2. The standard InChI is InChI=1S/C32H33NO5S/c1-21-7-6-9-24(17-21)30-14-12-25(38-30)20-37-19-23-11-13-27(28(18-23)26-10-5-4-8-22(26)2)31(34)33-29(32(35)36)15-16-39-3/h4-14,17-18,29H,15-16,19-20H2,1-3H3,(H,33,34)(H,35,36)/t29-/m0/s1. The Bertz CT molecular complexity index is 1440. The van der Waals surface area contributed by atoms with Gasteiger partial charge in [-0.15, -0.1) is 0 Å². The van der Waals surface area contributed by atoms with Crippen molar-refractivity contribution in [3.05, 3.63) is 107 Å². The third-order valence-electron chi connectivity index (χ3n) is 6.46. The van der Waals surface area contributed by atoms with Gasteiger partial charge in [0.1, 0.15) is 24.2 Å². The number of carboxylic acids is 1. The van der Waals surface area contributed by atoms with E-state index in [4.69, 9.17) is 9.15 Å². The molecule has 0 fully saturated rings. The van der Waals surface area contributed by atoms with Gasteiger partial charge >= 0.3 is 5.97 Å². The molecule has 0 saturated carbocycles. The van der Waals surface area contributed by atoms with Crippen LogP contribution in [0.25, 0.3) is 22.5 Å². The number of aliphatic carboxylic acids is 1. The molecular formula is C32H33NO5S. The number of aryl methyl sites for hydroxylation is 2. The summed E-state index contributed by atoms with van der Waals surface area (Å²) in [5, 5.41) is 12.3. The zero-order chi connectivity index (χ0) is 27.8. The Hall–Kier alpha value is -3.81. The molecule has 2 N–H and O–H groups in total. The highest BCUT2D eigenvalue weighted by Crippen LogP contribution is 2.29. The van der Waals surface area contributed by atoms with Crippen LogP contribution in [0, 0.1) is 13.8 Å². The van der Waals surface area contributed by atoms with Gasteiger partial charge < -0.3 is 19.6 Å². The maximum atomic E-state index is 13.3. The van der Waals surface area contributed by atoms with E-state index in [-0.39, 0.29) is 0 Å². The number of carbonyl (C=O) groups is 2. The molecule has 0 bridgehead atoms. The quantitative estimate of drug-likeness (QED) is 0.202. The molecule has 0 spiro atoms. The van der Waals surface area contributed by atoms with Crippen LogP contribution < -0.4 is 5.32 Å². The van der Waals surface area contributed by atoms with Crippen LogP contribution in [-0.2, 0) is 22.7 Å². The van der Waals surface area contributed by atoms with Crippen LogP contribution in [0.2, 0.25) is 0 Å². The van der Waals surface area contributed by atoms with E-state index in [0.717, 1.165) is 39.3 Å². The van der Waals surface area contributed by atoms with E-state index in [2.05, 4.69) is 11.4 Å². The number of thioether (sulfide) groups is 1. The van der Waals surface area contributed by atoms with Gasteiger partial charge in [0.2, 0.25) is 0 Å². The summed E-state index contributed by atoms with van der Waals surface area (Å²) in [5.74, 6) is 0.718. The van der Waals surface area contributed by atoms with Gasteiger partial charge in [-0.3, -0.25) is 4.79 Å². The van der Waals surface area contributed by atoms with Crippen molar-refractivity contribution >= 4 is 23.6 Å². The van der Waals surface area contributed by atoms with Gasteiger partial charge in [0, 0.05) is 11.1 Å². The van der Waals surface area contributed by atoms with Crippen molar-refractivity contribution in [2.24, 2.45) is 0 Å². The third kappa shape index (κ3) is 7.40. The predicted octanol–water partition coefficient (Wildman–Crippen LogP) is 6.88. The SMILES string of the molecule is CSCC[C@H](NC(=O)c1ccc(COCc2ccc(-c3cccc(C)c3)o2)cc1-c1ccccc1C)C(=O)O. The van der Waals surface area contributed by atoms with Crippen molar-refractivity contribution in [1.82, 2.24) is 5.32 Å². The zero-order valence-corrected chi connectivity index (χ0v) is 23.2. The first-order valence-electron chi connectivity index (χ1n) is 12.8. The number of ether oxygens (including phenoxy) is 1. The number of amides is 1. The number of hydrogen-bond donors (Lipinski definition) is 2. The second-order valence-corrected chi connectivity index (χ2v) is 10.5. The fraction of sp³-hybridized carbons (Fsp3) is 0.250. The first-order valence-corrected chi connectivity index (χ1v) is 14.2. The van der Waals surface area contributed by atoms with E-state index in [1.807, 2.05) is 86.8 Å². The maximum Gasteiger partial charge on any atom is 0.326 e. The molecule has 1 amide bonds. The monoisotopic (exact) mass is 543 g/mol. The lowest BCUT2D eigenvalue weighted by molar-refractivity contribution is -0.139. The summed E-state index contributed by atoms with van der Waals surface area (Å²) in [5.41, 5.74) is 6.18. The minimum absolute atomic E-state index is 0.309. The molecule has 7 heteroatoms. The Morgan fingerprint density at radius 1 is 0.949 bits per heavy atom. The van der Waals surface area contributed by atoms with Gasteiger partial charge in [0.25, 0.3) is 5.91 Å². The first-order chi connectivity index (χ1) is 18.9. The summed E-state index contributed by atoms with van der Waals surface area (Å²) in [6.07, 6.45) is 2.26. The minimum atomic E-state index is -1.04. The van der Waals surface area contributed by atoms with Crippen LogP contribution in [0.15, 0.2) is 83.3 Å². The lowest BCUT2D eigenvalue weighted by Gasteiger charge is -2.17. The van der Waals surface area contributed by atoms with Crippen molar-refractivity contribution in [2.75, 3.05) is 12.0 Å². The molecule has 0 aliphatic rings. The summed E-state index contributed by atoms with van der Waals surface area (Å²) in [6, 6.07) is 24.4. The minimum Gasteiger partial charge on any atom is -0.480 e. The Balaban J connectivity index is 1.51. The number of benzene rings is 3. The van der Waals surface area contributed by atoms with Crippen LogP contribution >= 0.6 is 11.8 Å². The van der Waals surface area contributed by atoms with Gasteiger partial charge in [-0.2, -0.15) is 11.8 Å². The van der Waals surface area contributed by atoms with Crippen molar-refractivity contribution in [3.8, 4) is 22.5 Å². The largest absolute Gasteiger partial charge is 0.480 e. The van der Waals surface area contributed by atoms with E-state index >= 15 is 0 Å². The molecule has 0 unspecified atom stereocenters. The van der Waals surface area contributed by atoms with Gasteiger partial charge in [-0.25, -0.2) is 4.79 Å². The van der Waals surface area contributed by atoms with E-state index in [0.29, 0.717) is 31.0 Å². The summed E-state index contributed by atoms with van der Waals surface area (Å²) in [6.45, 7) is 4.67. The molecule has 1 aromatic heterocycles. The average Bonchev–Trinajstić information content (AvgIpc) is 3.40. The highest BCUT2D eigenvalue weighted by Gasteiger charge is 2.22.